The third-order valence-electron chi connectivity index (χ3n) is 7.81. The number of amides is 1. The van der Waals surface area contributed by atoms with E-state index in [9.17, 15) is 9.59 Å². The lowest BCUT2D eigenvalue weighted by molar-refractivity contribution is -0.110. The molecule has 1 aliphatic rings. The molecular weight excluding hydrogens is 524 g/mol. The van der Waals surface area contributed by atoms with Crippen molar-refractivity contribution >= 4 is 40.1 Å². The number of H-pyrrole nitrogens is 2. The van der Waals surface area contributed by atoms with Crippen LogP contribution in [0.25, 0.3) is 39.5 Å². The molecule has 1 aliphatic heterocycles. The van der Waals surface area contributed by atoms with Crippen molar-refractivity contribution in [3.63, 3.8) is 0 Å². The number of aromatic nitrogens is 5. The van der Waals surface area contributed by atoms with Crippen LogP contribution in [-0.4, -0.2) is 36.4 Å². The molecule has 0 bridgehead atoms. The van der Waals surface area contributed by atoms with E-state index >= 15 is 0 Å². The number of Topliss-reactive ketones (excluding diaryl/α,β-unsaturated/α-hetero) is 1. The van der Waals surface area contributed by atoms with Crippen LogP contribution < -0.4 is 5.32 Å². The molecule has 8 heteroatoms. The number of nitrogens with zero attached hydrogens (tertiary/aromatic N) is 3. The predicted octanol–water partition coefficient (Wildman–Crippen LogP) is 6.67. The van der Waals surface area contributed by atoms with Crippen molar-refractivity contribution in [3.8, 4) is 16.8 Å². The summed E-state index contributed by atoms with van der Waals surface area (Å²) in [4.78, 5) is 37.6. The Labute approximate surface area is 242 Å². The van der Waals surface area contributed by atoms with E-state index < -0.39 is 0 Å². The Bertz CT molecular complexity index is 1990. The van der Waals surface area contributed by atoms with Crippen molar-refractivity contribution in [1.82, 2.24) is 24.7 Å². The van der Waals surface area contributed by atoms with Gasteiger partial charge < -0.3 is 15.3 Å². The SMILES string of the molecule is Cc1[nH]c(/C=C2\C(=O)Nc3ccc(-c4cnn(-c5ccccc5)c4)cc32)c(C)c1C(=O)CCc1nc2ccccc2[nH]1. The molecule has 3 aromatic heterocycles. The van der Waals surface area contributed by atoms with Gasteiger partial charge in [0.25, 0.3) is 5.91 Å². The van der Waals surface area contributed by atoms with Gasteiger partial charge in [0.1, 0.15) is 5.82 Å². The molecule has 1 amide bonds. The molecule has 7 rings (SSSR count). The molecule has 4 heterocycles. The number of aryl methyl sites for hydroxylation is 2. The summed E-state index contributed by atoms with van der Waals surface area (Å²) in [6.07, 6.45) is 6.50. The van der Waals surface area contributed by atoms with Crippen molar-refractivity contribution in [2.24, 2.45) is 0 Å². The van der Waals surface area contributed by atoms with E-state index in [0.29, 0.717) is 24.0 Å². The van der Waals surface area contributed by atoms with Crippen LogP contribution in [0.5, 0.6) is 0 Å². The van der Waals surface area contributed by atoms with Crippen LogP contribution in [0.3, 0.4) is 0 Å². The van der Waals surface area contributed by atoms with Crippen molar-refractivity contribution in [1.29, 1.82) is 0 Å². The van der Waals surface area contributed by atoms with E-state index in [2.05, 4.69) is 25.4 Å². The Morgan fingerprint density at radius 2 is 1.76 bits per heavy atom. The van der Waals surface area contributed by atoms with Crippen LogP contribution >= 0.6 is 0 Å². The van der Waals surface area contributed by atoms with E-state index in [1.807, 2.05) is 110 Å². The first kappa shape index (κ1) is 25.5. The van der Waals surface area contributed by atoms with Crippen molar-refractivity contribution < 1.29 is 9.59 Å². The Morgan fingerprint density at radius 1 is 0.952 bits per heavy atom. The van der Waals surface area contributed by atoms with Gasteiger partial charge in [-0.25, -0.2) is 9.67 Å². The quantitative estimate of drug-likeness (QED) is 0.152. The molecule has 3 N–H and O–H groups in total. The number of aromatic amines is 2. The summed E-state index contributed by atoms with van der Waals surface area (Å²) >= 11 is 0. The minimum atomic E-state index is -0.174. The summed E-state index contributed by atoms with van der Waals surface area (Å²) in [7, 11) is 0. The standard InChI is InChI=1S/C34H28N6O2/c1-20-30(36-21(2)33(20)31(41)14-15-32-37-28-10-6-7-11-29(28)38-32)17-26-25-16-22(12-13-27(25)39-34(26)42)23-18-35-40(19-23)24-8-4-3-5-9-24/h3-13,16-19,36H,14-15H2,1-2H3,(H,37,38)(H,39,42)/b26-17-. The zero-order valence-electron chi connectivity index (χ0n) is 23.2. The Morgan fingerprint density at radius 3 is 2.60 bits per heavy atom. The second-order valence-corrected chi connectivity index (χ2v) is 10.6. The second-order valence-electron chi connectivity index (χ2n) is 10.6. The summed E-state index contributed by atoms with van der Waals surface area (Å²) < 4.78 is 1.83. The highest BCUT2D eigenvalue weighted by Crippen LogP contribution is 2.37. The maximum atomic E-state index is 13.3. The zero-order chi connectivity index (χ0) is 28.8. The summed E-state index contributed by atoms with van der Waals surface area (Å²) in [6, 6.07) is 23.7. The number of benzene rings is 3. The molecule has 0 aliphatic carbocycles. The van der Waals surface area contributed by atoms with Crippen LogP contribution in [0.15, 0.2) is 85.2 Å². The number of para-hydroxylation sites is 3. The molecule has 206 valence electrons. The predicted molar refractivity (Wildman–Crippen MR) is 165 cm³/mol. The molecule has 8 nitrogen and oxygen atoms in total. The molecule has 0 radical (unpaired) electrons. The largest absolute Gasteiger partial charge is 0.358 e. The topological polar surface area (TPSA) is 108 Å². The highest BCUT2D eigenvalue weighted by molar-refractivity contribution is 6.35. The van der Waals surface area contributed by atoms with E-state index in [0.717, 1.165) is 61.9 Å². The molecule has 0 saturated heterocycles. The van der Waals surface area contributed by atoms with Crippen LogP contribution in [0.4, 0.5) is 5.69 Å². The van der Waals surface area contributed by atoms with E-state index in [1.165, 1.54) is 0 Å². The smallest absolute Gasteiger partial charge is 0.256 e. The maximum absolute atomic E-state index is 13.3. The number of ketones is 1. The van der Waals surface area contributed by atoms with Gasteiger partial charge in [-0.3, -0.25) is 9.59 Å². The third-order valence-corrected chi connectivity index (χ3v) is 7.81. The first-order valence-electron chi connectivity index (χ1n) is 13.9. The third kappa shape index (κ3) is 4.53. The van der Waals surface area contributed by atoms with E-state index in [-0.39, 0.29) is 11.7 Å². The lowest BCUT2D eigenvalue weighted by Crippen LogP contribution is -2.05. The Hall–Kier alpha value is -5.50. The highest BCUT2D eigenvalue weighted by Gasteiger charge is 2.26. The van der Waals surface area contributed by atoms with Crippen molar-refractivity contribution in [2.75, 3.05) is 5.32 Å². The lowest BCUT2D eigenvalue weighted by atomic mass is 9.98. The zero-order valence-corrected chi connectivity index (χ0v) is 23.2. The minimum Gasteiger partial charge on any atom is -0.358 e. The second kappa shape index (κ2) is 10.2. The van der Waals surface area contributed by atoms with Gasteiger partial charge in [0.2, 0.25) is 0 Å². The van der Waals surface area contributed by atoms with E-state index in [1.54, 1.807) is 0 Å². The van der Waals surface area contributed by atoms with Gasteiger partial charge in [-0.2, -0.15) is 5.10 Å². The number of anilines is 1. The average Bonchev–Trinajstić information content (AvgIpc) is 3.77. The first-order valence-corrected chi connectivity index (χ1v) is 13.9. The van der Waals surface area contributed by atoms with Crippen LogP contribution in [0, 0.1) is 13.8 Å². The fraction of sp³-hybridized carbons (Fsp3) is 0.118. The normalized spacial score (nSPS) is 13.6. The van der Waals surface area contributed by atoms with Gasteiger partial charge in [0.05, 0.1) is 28.5 Å². The lowest BCUT2D eigenvalue weighted by Gasteiger charge is -2.04. The summed E-state index contributed by atoms with van der Waals surface area (Å²) in [5, 5.41) is 7.49. The number of carbonyl (C=O) groups excluding carboxylic acids is 2. The Balaban J connectivity index is 1.15. The number of fused-ring (bicyclic) bond motifs is 2. The first-order chi connectivity index (χ1) is 20.4. The number of carbonyl (C=O) groups is 2. The van der Waals surface area contributed by atoms with Gasteiger partial charge in [0.15, 0.2) is 5.78 Å². The molecular formula is C34H28N6O2. The number of nitrogens with one attached hydrogen (secondary N) is 3. The molecule has 0 atom stereocenters. The fourth-order valence-electron chi connectivity index (χ4n) is 5.67. The summed E-state index contributed by atoms with van der Waals surface area (Å²) in [6.45, 7) is 3.82. The highest BCUT2D eigenvalue weighted by atomic mass is 16.2. The molecule has 0 fully saturated rings. The molecule has 0 saturated carbocycles. The van der Waals surface area contributed by atoms with Crippen molar-refractivity contribution in [2.45, 2.75) is 26.7 Å². The van der Waals surface area contributed by atoms with E-state index in [4.69, 9.17) is 0 Å². The van der Waals surface area contributed by atoms with Crippen LogP contribution in [0.1, 0.15) is 45.1 Å². The van der Waals surface area contributed by atoms with Gasteiger partial charge in [0, 0.05) is 52.8 Å². The number of imidazole rings is 1. The molecule has 42 heavy (non-hydrogen) atoms. The maximum Gasteiger partial charge on any atom is 0.256 e. The van der Waals surface area contributed by atoms with Gasteiger partial charge in [-0.15, -0.1) is 0 Å². The van der Waals surface area contributed by atoms with Gasteiger partial charge in [-0.1, -0.05) is 36.4 Å². The fourth-order valence-corrected chi connectivity index (χ4v) is 5.67. The number of rotatable bonds is 7. The molecule has 0 spiro atoms. The molecule has 6 aromatic rings. The van der Waals surface area contributed by atoms with Crippen LogP contribution in [-0.2, 0) is 11.2 Å². The van der Waals surface area contributed by atoms with Crippen LogP contribution in [0.2, 0.25) is 0 Å². The van der Waals surface area contributed by atoms with Gasteiger partial charge in [-0.05, 0) is 67.4 Å². The van der Waals surface area contributed by atoms with Crippen molar-refractivity contribution in [3.05, 3.63) is 119 Å². The molecule has 3 aromatic carbocycles. The average molecular weight is 553 g/mol. The number of hydrogen-bond acceptors (Lipinski definition) is 4. The summed E-state index contributed by atoms with van der Waals surface area (Å²) in [5.74, 6) is 0.661. The minimum absolute atomic E-state index is 0.0420. The van der Waals surface area contributed by atoms with Gasteiger partial charge >= 0.3 is 0 Å². The summed E-state index contributed by atoms with van der Waals surface area (Å²) in [5.41, 5.74) is 9.89. The Kier molecular flexibility index (Phi) is 6.16. The monoisotopic (exact) mass is 552 g/mol. The number of hydrogen-bond donors (Lipinski definition) is 3. The molecule has 0 unspecified atom stereocenters.